The van der Waals surface area contributed by atoms with Gasteiger partial charge in [-0.15, -0.1) is 0 Å². The zero-order chi connectivity index (χ0) is 19.2. The Morgan fingerprint density at radius 2 is 2.04 bits per heavy atom. The van der Waals surface area contributed by atoms with E-state index in [1.807, 2.05) is 29.2 Å². The molecular weight excluding hydrogens is 345 g/mol. The molecule has 0 radical (unpaired) electrons. The van der Waals surface area contributed by atoms with Crippen LogP contribution in [0.2, 0.25) is 0 Å². The third kappa shape index (κ3) is 4.28. The van der Waals surface area contributed by atoms with E-state index in [0.29, 0.717) is 30.1 Å². The Morgan fingerprint density at radius 1 is 1.22 bits per heavy atom. The molecule has 0 aliphatic carbocycles. The molecule has 3 rings (SSSR count). The van der Waals surface area contributed by atoms with Gasteiger partial charge in [0, 0.05) is 43.4 Å². The number of aromatic nitrogens is 1. The van der Waals surface area contributed by atoms with Gasteiger partial charge in [0.05, 0.1) is 23.5 Å². The number of anilines is 1. The Bertz CT molecular complexity index is 936. The predicted octanol–water partition coefficient (Wildman–Crippen LogP) is 4.63. The van der Waals surface area contributed by atoms with Crippen LogP contribution in [0, 0.1) is 5.82 Å². The van der Waals surface area contributed by atoms with Gasteiger partial charge >= 0.3 is 0 Å². The predicted molar refractivity (Wildman–Crippen MR) is 108 cm³/mol. The fourth-order valence-electron chi connectivity index (χ4n) is 3.08. The minimum Gasteiger partial charge on any atom is -0.494 e. The Kier molecular flexibility index (Phi) is 6.08. The van der Waals surface area contributed by atoms with E-state index in [9.17, 15) is 9.50 Å². The summed E-state index contributed by atoms with van der Waals surface area (Å²) in [5.74, 6) is -0.275. The summed E-state index contributed by atoms with van der Waals surface area (Å²) in [5, 5.41) is 11.0. The summed E-state index contributed by atoms with van der Waals surface area (Å²) in [6.07, 6.45) is 2.47. The third-order valence-corrected chi connectivity index (χ3v) is 4.40. The zero-order valence-corrected chi connectivity index (χ0v) is 15.6. The SMILES string of the molecule is CCCN(CCOC)c1ccc(N=Cc2c(O)[nH]c3ccccc23)cc1F. The molecule has 0 saturated heterocycles. The van der Waals surface area contributed by atoms with Crippen LogP contribution in [0.15, 0.2) is 47.5 Å². The molecule has 2 N–H and O–H groups in total. The molecule has 27 heavy (non-hydrogen) atoms. The average Bonchev–Trinajstić information content (AvgIpc) is 2.99. The van der Waals surface area contributed by atoms with E-state index in [4.69, 9.17) is 4.74 Å². The normalized spacial score (nSPS) is 11.5. The summed E-state index contributed by atoms with van der Waals surface area (Å²) in [7, 11) is 1.64. The number of para-hydroxylation sites is 1. The topological polar surface area (TPSA) is 60.9 Å². The second-order valence-electron chi connectivity index (χ2n) is 6.31. The van der Waals surface area contributed by atoms with E-state index < -0.39 is 0 Å². The standard InChI is InChI=1S/C21H24FN3O2/c1-3-10-25(11-12-27-2)20-9-8-15(13-18(20)22)23-14-17-16-6-4-5-7-19(16)24-21(17)26/h4-9,13-14,24,26H,3,10-12H2,1-2H3. The molecule has 0 amide bonds. The summed E-state index contributed by atoms with van der Waals surface area (Å²) in [6.45, 7) is 3.99. The summed E-state index contributed by atoms with van der Waals surface area (Å²) in [6, 6.07) is 12.5. The fourth-order valence-corrected chi connectivity index (χ4v) is 3.08. The van der Waals surface area contributed by atoms with Crippen molar-refractivity contribution in [1.82, 2.24) is 4.98 Å². The highest BCUT2D eigenvalue weighted by atomic mass is 19.1. The number of hydrogen-bond acceptors (Lipinski definition) is 4. The number of rotatable bonds is 8. The first-order valence-electron chi connectivity index (χ1n) is 9.01. The highest BCUT2D eigenvalue weighted by Crippen LogP contribution is 2.28. The molecule has 0 saturated carbocycles. The molecule has 2 aromatic carbocycles. The molecule has 1 aromatic heterocycles. The molecule has 0 atom stereocenters. The van der Waals surface area contributed by atoms with Gasteiger partial charge in [0.2, 0.25) is 0 Å². The molecule has 1 heterocycles. The van der Waals surface area contributed by atoms with Crippen LogP contribution in [0.5, 0.6) is 5.88 Å². The number of methoxy groups -OCH3 is 1. The maximum Gasteiger partial charge on any atom is 0.198 e. The molecule has 0 unspecified atom stereocenters. The smallest absolute Gasteiger partial charge is 0.198 e. The molecule has 0 fully saturated rings. The average molecular weight is 369 g/mol. The summed E-state index contributed by atoms with van der Waals surface area (Å²) in [4.78, 5) is 9.21. The number of H-pyrrole nitrogens is 1. The second-order valence-corrected chi connectivity index (χ2v) is 6.31. The Hall–Kier alpha value is -2.86. The van der Waals surface area contributed by atoms with Gasteiger partial charge in [0.1, 0.15) is 5.82 Å². The van der Waals surface area contributed by atoms with Gasteiger partial charge in [-0.2, -0.15) is 0 Å². The van der Waals surface area contributed by atoms with Gasteiger partial charge in [0.15, 0.2) is 5.88 Å². The summed E-state index contributed by atoms with van der Waals surface area (Å²) in [5.41, 5.74) is 2.45. The van der Waals surface area contributed by atoms with Crippen molar-refractivity contribution in [3.8, 4) is 5.88 Å². The van der Waals surface area contributed by atoms with Crippen molar-refractivity contribution in [2.24, 2.45) is 4.99 Å². The number of aromatic hydroxyl groups is 1. The first-order valence-corrected chi connectivity index (χ1v) is 9.01. The lowest BCUT2D eigenvalue weighted by molar-refractivity contribution is 0.205. The van der Waals surface area contributed by atoms with Crippen molar-refractivity contribution < 1.29 is 14.2 Å². The molecular formula is C21H24FN3O2. The Balaban J connectivity index is 1.84. The minimum atomic E-state index is -0.322. The zero-order valence-electron chi connectivity index (χ0n) is 15.6. The van der Waals surface area contributed by atoms with Gasteiger partial charge in [0.25, 0.3) is 0 Å². The van der Waals surface area contributed by atoms with Gasteiger partial charge in [-0.25, -0.2) is 4.39 Å². The van der Waals surface area contributed by atoms with Crippen LogP contribution >= 0.6 is 0 Å². The van der Waals surface area contributed by atoms with Gasteiger partial charge in [-0.1, -0.05) is 25.1 Å². The number of halogens is 1. The van der Waals surface area contributed by atoms with Crippen LogP contribution in [0.25, 0.3) is 10.9 Å². The third-order valence-electron chi connectivity index (χ3n) is 4.40. The molecule has 0 spiro atoms. The number of hydrogen-bond donors (Lipinski definition) is 2. The Morgan fingerprint density at radius 3 is 2.78 bits per heavy atom. The summed E-state index contributed by atoms with van der Waals surface area (Å²) >= 11 is 0. The number of aromatic amines is 1. The second kappa shape index (κ2) is 8.68. The largest absolute Gasteiger partial charge is 0.494 e. The number of fused-ring (bicyclic) bond motifs is 1. The van der Waals surface area contributed by atoms with E-state index in [1.54, 1.807) is 25.5 Å². The highest BCUT2D eigenvalue weighted by Gasteiger charge is 2.12. The maximum atomic E-state index is 14.6. The van der Waals surface area contributed by atoms with Crippen molar-refractivity contribution >= 4 is 28.5 Å². The van der Waals surface area contributed by atoms with Crippen LogP contribution in [-0.4, -0.2) is 43.1 Å². The lowest BCUT2D eigenvalue weighted by atomic mass is 10.2. The van der Waals surface area contributed by atoms with Crippen LogP contribution in [-0.2, 0) is 4.74 Å². The minimum absolute atomic E-state index is 0.0470. The van der Waals surface area contributed by atoms with Crippen LogP contribution in [0.3, 0.4) is 0 Å². The van der Waals surface area contributed by atoms with Gasteiger partial charge in [-0.05, 0) is 24.6 Å². The number of aliphatic imine (C=N–C) groups is 1. The van der Waals surface area contributed by atoms with E-state index >= 15 is 0 Å². The lowest BCUT2D eigenvalue weighted by Crippen LogP contribution is -2.28. The van der Waals surface area contributed by atoms with Crippen molar-refractivity contribution in [3.05, 3.63) is 53.8 Å². The highest BCUT2D eigenvalue weighted by molar-refractivity contribution is 6.02. The molecule has 142 valence electrons. The quantitative estimate of drug-likeness (QED) is 0.569. The fraction of sp³-hybridized carbons (Fsp3) is 0.286. The Labute approximate surface area is 158 Å². The molecule has 3 aromatic rings. The van der Waals surface area contributed by atoms with Crippen molar-refractivity contribution in [1.29, 1.82) is 0 Å². The van der Waals surface area contributed by atoms with Gasteiger partial charge < -0.3 is 19.7 Å². The van der Waals surface area contributed by atoms with Crippen LogP contribution in [0.1, 0.15) is 18.9 Å². The number of ether oxygens (including phenoxy) is 1. The summed E-state index contributed by atoms with van der Waals surface area (Å²) < 4.78 is 19.8. The first-order chi connectivity index (χ1) is 13.1. The van der Waals surface area contributed by atoms with E-state index in [1.165, 1.54) is 6.07 Å². The first kappa shape index (κ1) is 18.9. The molecule has 6 heteroatoms. The molecule has 0 bridgehead atoms. The van der Waals surface area contributed by atoms with E-state index in [-0.39, 0.29) is 11.7 Å². The molecule has 0 aliphatic heterocycles. The van der Waals surface area contributed by atoms with Crippen molar-refractivity contribution in [2.75, 3.05) is 31.7 Å². The van der Waals surface area contributed by atoms with E-state index in [2.05, 4.69) is 16.9 Å². The lowest BCUT2D eigenvalue weighted by Gasteiger charge is -2.24. The van der Waals surface area contributed by atoms with Crippen LogP contribution < -0.4 is 4.90 Å². The van der Waals surface area contributed by atoms with E-state index in [0.717, 1.165) is 23.9 Å². The number of benzene rings is 2. The van der Waals surface area contributed by atoms with Crippen molar-refractivity contribution in [3.63, 3.8) is 0 Å². The number of nitrogens with zero attached hydrogens (tertiary/aromatic N) is 2. The molecule has 0 aliphatic rings. The van der Waals surface area contributed by atoms with Crippen LogP contribution in [0.4, 0.5) is 15.8 Å². The molecule has 5 nitrogen and oxygen atoms in total. The monoisotopic (exact) mass is 369 g/mol. The number of nitrogens with one attached hydrogen (secondary N) is 1. The maximum absolute atomic E-state index is 14.6. The van der Waals surface area contributed by atoms with Gasteiger partial charge in [-0.3, -0.25) is 4.99 Å². The van der Waals surface area contributed by atoms with Crippen molar-refractivity contribution in [2.45, 2.75) is 13.3 Å².